The van der Waals surface area contributed by atoms with E-state index >= 15 is 0 Å². The molecule has 0 amide bonds. The zero-order chi connectivity index (χ0) is 9.54. The lowest BCUT2D eigenvalue weighted by Crippen LogP contribution is -2.16. The van der Waals surface area contributed by atoms with Crippen molar-refractivity contribution in [2.45, 2.75) is 0 Å². The lowest BCUT2D eigenvalue weighted by molar-refractivity contribution is 0.0915. The second-order valence-corrected chi connectivity index (χ2v) is 3.37. The van der Waals surface area contributed by atoms with Gasteiger partial charge in [0.1, 0.15) is 5.75 Å². The van der Waals surface area contributed by atoms with Gasteiger partial charge in [-0.05, 0) is 11.5 Å². The van der Waals surface area contributed by atoms with Crippen LogP contribution in [-0.4, -0.2) is 12.4 Å². The summed E-state index contributed by atoms with van der Waals surface area (Å²) in [7, 11) is 0. The molecule has 2 nitrogen and oxygen atoms in total. The monoisotopic (exact) mass is 184 g/mol. The summed E-state index contributed by atoms with van der Waals surface area (Å²) in [5.74, 6) is 0.881. The number of rotatable bonds is 0. The van der Waals surface area contributed by atoms with Crippen molar-refractivity contribution < 1.29 is 9.53 Å². The second kappa shape index (κ2) is 2.58. The van der Waals surface area contributed by atoms with Crippen LogP contribution in [0.5, 0.6) is 5.75 Å². The minimum absolute atomic E-state index is 0.0642. The molecular formula is C12H8O2. The molecule has 2 aromatic carbocycles. The summed E-state index contributed by atoms with van der Waals surface area (Å²) in [4.78, 5) is 11.5. The Morgan fingerprint density at radius 3 is 2.71 bits per heavy atom. The van der Waals surface area contributed by atoms with Gasteiger partial charge < -0.3 is 4.74 Å². The lowest BCUT2D eigenvalue weighted by atomic mass is 9.99. The van der Waals surface area contributed by atoms with E-state index in [9.17, 15) is 4.79 Å². The van der Waals surface area contributed by atoms with Crippen molar-refractivity contribution in [3.63, 3.8) is 0 Å². The molecule has 1 aliphatic heterocycles. The molecule has 0 bridgehead atoms. The van der Waals surface area contributed by atoms with Crippen LogP contribution in [0.15, 0.2) is 36.4 Å². The van der Waals surface area contributed by atoms with E-state index in [1.165, 1.54) is 0 Å². The van der Waals surface area contributed by atoms with Crippen LogP contribution in [0, 0.1) is 0 Å². The van der Waals surface area contributed by atoms with Gasteiger partial charge in [0.15, 0.2) is 6.61 Å². The highest BCUT2D eigenvalue weighted by atomic mass is 16.5. The van der Waals surface area contributed by atoms with Crippen molar-refractivity contribution in [3.05, 3.63) is 42.0 Å². The molecule has 68 valence electrons. The van der Waals surface area contributed by atoms with Crippen LogP contribution in [0.3, 0.4) is 0 Å². The molecule has 0 unspecified atom stereocenters. The highest BCUT2D eigenvalue weighted by molar-refractivity contribution is 6.12. The SMILES string of the molecule is O=C1COc2cccc3cccc1c23. The largest absolute Gasteiger partial charge is 0.485 e. The standard InChI is InChI=1S/C12H8O2/c13-10-7-14-11-6-2-4-8-3-1-5-9(10)12(8)11/h1-6H,7H2. The highest BCUT2D eigenvalue weighted by Crippen LogP contribution is 2.32. The van der Waals surface area contributed by atoms with Crippen molar-refractivity contribution in [2.75, 3.05) is 6.61 Å². The minimum Gasteiger partial charge on any atom is -0.485 e. The maximum Gasteiger partial charge on any atom is 0.200 e. The Hall–Kier alpha value is -1.83. The lowest BCUT2D eigenvalue weighted by Gasteiger charge is -2.16. The summed E-state index contributed by atoms with van der Waals surface area (Å²) in [6.07, 6.45) is 0. The molecule has 0 saturated carbocycles. The number of ketones is 1. The zero-order valence-electron chi connectivity index (χ0n) is 7.49. The fraction of sp³-hybridized carbons (Fsp3) is 0.0833. The summed E-state index contributed by atoms with van der Waals surface area (Å²) >= 11 is 0. The van der Waals surface area contributed by atoms with Crippen LogP contribution < -0.4 is 4.74 Å². The summed E-state index contributed by atoms with van der Waals surface area (Å²) in [5.41, 5.74) is 0.782. The third-order valence-electron chi connectivity index (χ3n) is 2.53. The first-order valence-corrected chi connectivity index (χ1v) is 4.54. The fourth-order valence-corrected chi connectivity index (χ4v) is 1.88. The minimum atomic E-state index is 0.0642. The Morgan fingerprint density at radius 1 is 1.07 bits per heavy atom. The van der Waals surface area contributed by atoms with E-state index < -0.39 is 0 Å². The van der Waals surface area contributed by atoms with Crippen molar-refractivity contribution in [1.29, 1.82) is 0 Å². The molecule has 0 aliphatic carbocycles. The molecular weight excluding hydrogens is 176 g/mol. The van der Waals surface area contributed by atoms with Gasteiger partial charge in [-0.3, -0.25) is 4.79 Å². The Morgan fingerprint density at radius 2 is 1.86 bits per heavy atom. The number of Topliss-reactive ketones (excluding diaryl/α,β-unsaturated/α-hetero) is 1. The average Bonchev–Trinajstić information content (AvgIpc) is 2.24. The molecule has 0 atom stereocenters. The summed E-state index contributed by atoms with van der Waals surface area (Å²) in [6, 6.07) is 11.6. The number of benzene rings is 2. The van der Waals surface area contributed by atoms with Crippen LogP contribution in [-0.2, 0) is 0 Å². The Kier molecular flexibility index (Phi) is 1.39. The molecule has 0 aromatic heterocycles. The normalized spacial score (nSPS) is 14.1. The number of hydrogen-bond acceptors (Lipinski definition) is 2. The van der Waals surface area contributed by atoms with Gasteiger partial charge in [0.2, 0.25) is 5.78 Å². The van der Waals surface area contributed by atoms with E-state index in [0.717, 1.165) is 22.1 Å². The topological polar surface area (TPSA) is 26.3 Å². The van der Waals surface area contributed by atoms with Gasteiger partial charge in [0.05, 0.1) is 0 Å². The van der Waals surface area contributed by atoms with Gasteiger partial charge in [-0.1, -0.05) is 30.3 Å². The maximum atomic E-state index is 11.5. The molecule has 0 fully saturated rings. The van der Waals surface area contributed by atoms with Crippen molar-refractivity contribution in [3.8, 4) is 5.75 Å². The molecule has 2 heteroatoms. The van der Waals surface area contributed by atoms with E-state index in [1.54, 1.807) is 0 Å². The van der Waals surface area contributed by atoms with Crippen molar-refractivity contribution in [2.24, 2.45) is 0 Å². The van der Waals surface area contributed by atoms with Crippen molar-refractivity contribution >= 4 is 16.6 Å². The number of ether oxygens (including phenoxy) is 1. The Bertz CT molecular complexity index is 524. The van der Waals surface area contributed by atoms with Gasteiger partial charge in [-0.15, -0.1) is 0 Å². The maximum absolute atomic E-state index is 11.5. The van der Waals surface area contributed by atoms with E-state index in [0.29, 0.717) is 0 Å². The molecule has 0 N–H and O–H groups in total. The Balaban J connectivity index is 2.52. The number of carbonyl (C=O) groups excluding carboxylic acids is 1. The van der Waals surface area contributed by atoms with Gasteiger partial charge in [0.25, 0.3) is 0 Å². The molecule has 1 heterocycles. The predicted molar refractivity (Wildman–Crippen MR) is 53.8 cm³/mol. The third-order valence-corrected chi connectivity index (χ3v) is 2.53. The number of hydrogen-bond donors (Lipinski definition) is 0. The van der Waals surface area contributed by atoms with Crippen molar-refractivity contribution in [1.82, 2.24) is 0 Å². The third kappa shape index (κ3) is 0.880. The Labute approximate surface area is 81.1 Å². The van der Waals surface area contributed by atoms with E-state index in [-0.39, 0.29) is 12.4 Å². The molecule has 3 rings (SSSR count). The van der Waals surface area contributed by atoms with Crippen LogP contribution in [0.4, 0.5) is 0 Å². The molecule has 1 aliphatic rings. The first-order valence-electron chi connectivity index (χ1n) is 4.54. The van der Waals surface area contributed by atoms with E-state index in [1.807, 2.05) is 36.4 Å². The molecule has 2 aromatic rings. The molecule has 14 heavy (non-hydrogen) atoms. The molecule has 0 radical (unpaired) electrons. The van der Waals surface area contributed by atoms with Gasteiger partial charge in [-0.25, -0.2) is 0 Å². The second-order valence-electron chi connectivity index (χ2n) is 3.37. The van der Waals surface area contributed by atoms with Crippen LogP contribution in [0.1, 0.15) is 10.4 Å². The van der Waals surface area contributed by atoms with Crippen LogP contribution in [0.2, 0.25) is 0 Å². The quantitative estimate of drug-likeness (QED) is 0.628. The predicted octanol–water partition coefficient (Wildman–Crippen LogP) is 2.41. The van der Waals surface area contributed by atoms with E-state index in [2.05, 4.69) is 0 Å². The van der Waals surface area contributed by atoms with Crippen LogP contribution >= 0.6 is 0 Å². The highest BCUT2D eigenvalue weighted by Gasteiger charge is 2.18. The number of carbonyl (C=O) groups is 1. The van der Waals surface area contributed by atoms with Crippen LogP contribution in [0.25, 0.3) is 10.8 Å². The fourth-order valence-electron chi connectivity index (χ4n) is 1.88. The summed E-state index contributed by atoms with van der Waals surface area (Å²) < 4.78 is 5.36. The average molecular weight is 184 g/mol. The molecule has 0 spiro atoms. The van der Waals surface area contributed by atoms with Gasteiger partial charge in [-0.2, -0.15) is 0 Å². The molecule has 0 saturated heterocycles. The smallest absolute Gasteiger partial charge is 0.200 e. The summed E-state index contributed by atoms with van der Waals surface area (Å²) in [5, 5.41) is 2.01. The first kappa shape index (κ1) is 7.56. The van der Waals surface area contributed by atoms with Gasteiger partial charge in [0, 0.05) is 10.9 Å². The summed E-state index contributed by atoms with van der Waals surface area (Å²) in [6.45, 7) is 0.163. The zero-order valence-corrected chi connectivity index (χ0v) is 7.49. The van der Waals surface area contributed by atoms with Gasteiger partial charge >= 0.3 is 0 Å². The van der Waals surface area contributed by atoms with E-state index in [4.69, 9.17) is 4.74 Å². The first-order chi connectivity index (χ1) is 6.86.